The van der Waals surface area contributed by atoms with Gasteiger partial charge in [-0.2, -0.15) is 0 Å². The molecule has 0 heterocycles. The van der Waals surface area contributed by atoms with Gasteiger partial charge in [0.1, 0.15) is 5.82 Å². The molecule has 1 nitrogen and oxygen atoms in total. The Balaban J connectivity index is 3.08. The van der Waals surface area contributed by atoms with Crippen molar-refractivity contribution in [3.8, 4) is 0 Å². The quantitative estimate of drug-likeness (QED) is 0.782. The van der Waals surface area contributed by atoms with Crippen molar-refractivity contribution in [2.24, 2.45) is 0 Å². The molecule has 0 fully saturated rings. The minimum atomic E-state index is -1.17. The summed E-state index contributed by atoms with van der Waals surface area (Å²) in [5, 5.41) is 2.93. The van der Waals surface area contributed by atoms with Gasteiger partial charge in [0, 0.05) is 18.2 Å². The van der Waals surface area contributed by atoms with Crippen LogP contribution < -0.4 is 5.32 Å². The van der Waals surface area contributed by atoms with Crippen LogP contribution in [0.1, 0.15) is 18.9 Å². The van der Waals surface area contributed by atoms with Crippen LogP contribution in [0.5, 0.6) is 0 Å². The second-order valence-corrected chi connectivity index (χ2v) is 3.47. The molecule has 0 atom stereocenters. The van der Waals surface area contributed by atoms with E-state index in [2.05, 4.69) is 5.32 Å². The zero-order chi connectivity index (χ0) is 12.1. The van der Waals surface area contributed by atoms with Crippen LogP contribution in [0.3, 0.4) is 0 Å². The van der Waals surface area contributed by atoms with Crippen LogP contribution in [0.25, 0.3) is 6.08 Å². The van der Waals surface area contributed by atoms with Gasteiger partial charge < -0.3 is 5.32 Å². The lowest BCUT2D eigenvalue weighted by Gasteiger charge is -2.05. The molecule has 0 aliphatic carbocycles. The molecule has 16 heavy (non-hydrogen) atoms. The normalized spacial score (nSPS) is 11.9. The van der Waals surface area contributed by atoms with E-state index in [1.165, 1.54) is 6.08 Å². The van der Waals surface area contributed by atoms with E-state index in [0.29, 0.717) is 12.6 Å². The second-order valence-electron chi connectivity index (χ2n) is 3.47. The zero-order valence-corrected chi connectivity index (χ0v) is 9.28. The summed E-state index contributed by atoms with van der Waals surface area (Å²) in [7, 11) is 1.77. The lowest BCUT2D eigenvalue weighted by Crippen LogP contribution is -2.10. The van der Waals surface area contributed by atoms with E-state index in [4.69, 9.17) is 0 Å². The molecule has 88 valence electrons. The fourth-order valence-electron chi connectivity index (χ4n) is 1.37. The SMILES string of the molecule is CC/C(=C/c1cc(F)c(F)cc1F)CNC. The molecule has 1 N–H and O–H groups in total. The number of halogens is 3. The lowest BCUT2D eigenvalue weighted by atomic mass is 10.1. The molecule has 0 spiro atoms. The van der Waals surface area contributed by atoms with Gasteiger partial charge in [0.15, 0.2) is 11.6 Å². The summed E-state index contributed by atoms with van der Waals surface area (Å²) in [4.78, 5) is 0. The maximum absolute atomic E-state index is 13.3. The van der Waals surface area contributed by atoms with Crippen LogP contribution in [0.2, 0.25) is 0 Å². The maximum Gasteiger partial charge on any atom is 0.161 e. The van der Waals surface area contributed by atoms with Crippen molar-refractivity contribution in [1.29, 1.82) is 0 Å². The smallest absolute Gasteiger partial charge is 0.161 e. The largest absolute Gasteiger partial charge is 0.316 e. The van der Waals surface area contributed by atoms with Crippen molar-refractivity contribution >= 4 is 6.08 Å². The van der Waals surface area contributed by atoms with Crippen LogP contribution in [-0.4, -0.2) is 13.6 Å². The molecule has 0 radical (unpaired) electrons. The van der Waals surface area contributed by atoms with Gasteiger partial charge in [-0.1, -0.05) is 18.6 Å². The van der Waals surface area contributed by atoms with E-state index in [1.807, 2.05) is 6.92 Å². The monoisotopic (exact) mass is 229 g/mol. The van der Waals surface area contributed by atoms with Crippen molar-refractivity contribution in [3.05, 3.63) is 40.7 Å². The third kappa shape index (κ3) is 3.10. The van der Waals surface area contributed by atoms with E-state index < -0.39 is 17.5 Å². The summed E-state index contributed by atoms with van der Waals surface area (Å²) in [6.45, 7) is 2.51. The van der Waals surface area contributed by atoms with Crippen molar-refractivity contribution in [1.82, 2.24) is 5.32 Å². The molecule has 0 saturated heterocycles. The Kier molecular flexibility index (Phi) is 4.55. The highest BCUT2D eigenvalue weighted by molar-refractivity contribution is 5.54. The maximum atomic E-state index is 13.3. The number of rotatable bonds is 4. The first-order valence-corrected chi connectivity index (χ1v) is 5.07. The fraction of sp³-hybridized carbons (Fsp3) is 0.333. The van der Waals surface area contributed by atoms with Gasteiger partial charge >= 0.3 is 0 Å². The third-order valence-electron chi connectivity index (χ3n) is 2.26. The number of likely N-dealkylation sites (N-methyl/N-ethyl adjacent to an activating group) is 1. The Bertz CT molecular complexity index is 399. The fourth-order valence-corrected chi connectivity index (χ4v) is 1.37. The molecule has 0 saturated carbocycles. The second kappa shape index (κ2) is 5.70. The Morgan fingerprint density at radius 1 is 1.19 bits per heavy atom. The molecule has 0 bridgehead atoms. The van der Waals surface area contributed by atoms with E-state index in [1.54, 1.807) is 7.05 Å². The number of hydrogen-bond acceptors (Lipinski definition) is 1. The van der Waals surface area contributed by atoms with Gasteiger partial charge in [0.05, 0.1) is 0 Å². The predicted molar refractivity (Wildman–Crippen MR) is 58.5 cm³/mol. The zero-order valence-electron chi connectivity index (χ0n) is 9.28. The van der Waals surface area contributed by atoms with Crippen LogP contribution in [0.15, 0.2) is 17.7 Å². The third-order valence-corrected chi connectivity index (χ3v) is 2.26. The van der Waals surface area contributed by atoms with Crippen LogP contribution >= 0.6 is 0 Å². The molecular formula is C12H14F3N. The highest BCUT2D eigenvalue weighted by Crippen LogP contribution is 2.17. The summed E-state index contributed by atoms with van der Waals surface area (Å²) in [6, 6.07) is 1.43. The average molecular weight is 229 g/mol. The highest BCUT2D eigenvalue weighted by atomic mass is 19.2. The summed E-state index contributed by atoms with van der Waals surface area (Å²) in [5.41, 5.74) is 0.999. The molecule has 0 aliphatic rings. The Morgan fingerprint density at radius 2 is 1.81 bits per heavy atom. The Hall–Kier alpha value is -1.29. The standard InChI is InChI=1S/C12H14F3N/c1-3-8(7-16-2)4-9-5-11(14)12(15)6-10(9)13/h4-6,16H,3,7H2,1-2H3/b8-4-. The molecule has 1 aromatic carbocycles. The van der Waals surface area contributed by atoms with E-state index in [0.717, 1.165) is 18.1 Å². The molecule has 0 aliphatic heterocycles. The topological polar surface area (TPSA) is 12.0 Å². The number of hydrogen-bond donors (Lipinski definition) is 1. The lowest BCUT2D eigenvalue weighted by molar-refractivity contribution is 0.494. The average Bonchev–Trinajstić information content (AvgIpc) is 2.25. The summed E-state index contributed by atoms with van der Waals surface area (Å²) in [5.74, 6) is -2.95. The minimum Gasteiger partial charge on any atom is -0.316 e. The van der Waals surface area contributed by atoms with Crippen molar-refractivity contribution in [2.75, 3.05) is 13.6 Å². The molecule has 0 amide bonds. The Morgan fingerprint density at radius 3 is 2.38 bits per heavy atom. The number of benzene rings is 1. The first-order chi connectivity index (χ1) is 7.58. The summed E-state index contributed by atoms with van der Waals surface area (Å²) >= 11 is 0. The van der Waals surface area contributed by atoms with Crippen LogP contribution in [0, 0.1) is 17.5 Å². The van der Waals surface area contributed by atoms with Crippen molar-refractivity contribution < 1.29 is 13.2 Å². The molecule has 1 rings (SSSR count). The van der Waals surface area contributed by atoms with Gasteiger partial charge in [-0.15, -0.1) is 0 Å². The summed E-state index contributed by atoms with van der Waals surface area (Å²) in [6.07, 6.45) is 2.26. The number of nitrogens with one attached hydrogen (secondary N) is 1. The van der Waals surface area contributed by atoms with Gasteiger partial charge in [-0.05, 0) is 19.5 Å². The van der Waals surface area contributed by atoms with E-state index in [-0.39, 0.29) is 5.56 Å². The minimum absolute atomic E-state index is 0.0750. The Labute approximate surface area is 93.0 Å². The van der Waals surface area contributed by atoms with Gasteiger partial charge in [0.2, 0.25) is 0 Å². The molecule has 0 unspecified atom stereocenters. The predicted octanol–water partition coefficient (Wildman–Crippen LogP) is 3.12. The van der Waals surface area contributed by atoms with Gasteiger partial charge in [0.25, 0.3) is 0 Å². The first-order valence-electron chi connectivity index (χ1n) is 5.07. The molecular weight excluding hydrogens is 215 g/mol. The van der Waals surface area contributed by atoms with Crippen molar-refractivity contribution in [2.45, 2.75) is 13.3 Å². The van der Waals surface area contributed by atoms with Gasteiger partial charge in [-0.3, -0.25) is 0 Å². The molecule has 0 aromatic heterocycles. The van der Waals surface area contributed by atoms with Crippen molar-refractivity contribution in [3.63, 3.8) is 0 Å². The summed E-state index contributed by atoms with van der Waals surface area (Å²) < 4.78 is 38.9. The van der Waals surface area contributed by atoms with E-state index in [9.17, 15) is 13.2 Å². The molecule has 4 heteroatoms. The van der Waals surface area contributed by atoms with Gasteiger partial charge in [-0.25, -0.2) is 13.2 Å². The molecule has 1 aromatic rings. The first kappa shape index (κ1) is 12.8. The van der Waals surface area contributed by atoms with Crippen LogP contribution in [-0.2, 0) is 0 Å². The van der Waals surface area contributed by atoms with E-state index >= 15 is 0 Å². The van der Waals surface area contributed by atoms with Crippen LogP contribution in [0.4, 0.5) is 13.2 Å². The highest BCUT2D eigenvalue weighted by Gasteiger charge is 2.08.